The van der Waals surface area contributed by atoms with E-state index < -0.39 is 0 Å². The van der Waals surface area contributed by atoms with Gasteiger partial charge in [-0.3, -0.25) is 4.98 Å². The van der Waals surface area contributed by atoms with Crippen LogP contribution in [0.5, 0.6) is 0 Å². The fourth-order valence-corrected chi connectivity index (χ4v) is 2.61. The van der Waals surface area contributed by atoms with Crippen LogP contribution in [-0.2, 0) is 13.1 Å². The van der Waals surface area contributed by atoms with Gasteiger partial charge in [-0.2, -0.15) is 0 Å². The Morgan fingerprint density at radius 1 is 1.20 bits per heavy atom. The summed E-state index contributed by atoms with van der Waals surface area (Å²) in [6, 6.07) is 12.1. The molecular weight excluding hydrogens is 270 g/mol. The number of aryl methyl sites for hydroxylation is 1. The number of pyridine rings is 1. The standard InChI is InChI=1S/C16H16ClN3/c1-2-20-10-4-5-12(20)11-19-15-8-7-14(17)16-13(15)6-3-9-18-16/h3-10,19H,2,11H2,1H3. The van der Waals surface area contributed by atoms with Crippen LogP contribution in [0, 0.1) is 0 Å². The first-order valence-electron chi connectivity index (χ1n) is 6.70. The van der Waals surface area contributed by atoms with Gasteiger partial charge in [0.25, 0.3) is 0 Å². The van der Waals surface area contributed by atoms with Gasteiger partial charge in [-0.15, -0.1) is 0 Å². The highest BCUT2D eigenvalue weighted by Gasteiger charge is 2.06. The Bertz CT molecular complexity index is 733. The van der Waals surface area contributed by atoms with Crippen molar-refractivity contribution in [2.24, 2.45) is 0 Å². The maximum Gasteiger partial charge on any atom is 0.0908 e. The molecule has 2 heterocycles. The third-order valence-corrected chi connectivity index (χ3v) is 3.75. The first-order valence-corrected chi connectivity index (χ1v) is 7.08. The molecule has 0 amide bonds. The Hall–Kier alpha value is -2.00. The minimum atomic E-state index is 0.683. The monoisotopic (exact) mass is 285 g/mol. The summed E-state index contributed by atoms with van der Waals surface area (Å²) in [5.74, 6) is 0. The summed E-state index contributed by atoms with van der Waals surface area (Å²) in [6.07, 6.45) is 3.86. The molecule has 0 fully saturated rings. The Morgan fingerprint density at radius 3 is 2.95 bits per heavy atom. The number of rotatable bonds is 4. The average molecular weight is 286 g/mol. The van der Waals surface area contributed by atoms with Crippen molar-refractivity contribution in [2.75, 3.05) is 5.32 Å². The Kier molecular flexibility index (Phi) is 3.61. The van der Waals surface area contributed by atoms with Gasteiger partial charge in [0, 0.05) is 35.7 Å². The SMILES string of the molecule is CCn1cccc1CNc1ccc(Cl)c2ncccc12. The van der Waals surface area contributed by atoms with E-state index in [4.69, 9.17) is 11.6 Å². The lowest BCUT2D eigenvalue weighted by molar-refractivity contribution is 0.724. The minimum Gasteiger partial charge on any atom is -0.379 e. The molecule has 1 aromatic carbocycles. The van der Waals surface area contributed by atoms with Crippen molar-refractivity contribution < 1.29 is 0 Å². The van der Waals surface area contributed by atoms with E-state index in [1.165, 1.54) is 5.69 Å². The summed E-state index contributed by atoms with van der Waals surface area (Å²) in [5.41, 5.74) is 3.16. The van der Waals surface area contributed by atoms with Crippen LogP contribution in [0.25, 0.3) is 10.9 Å². The van der Waals surface area contributed by atoms with E-state index in [1.807, 2.05) is 24.3 Å². The van der Waals surface area contributed by atoms with Crippen LogP contribution >= 0.6 is 11.6 Å². The van der Waals surface area contributed by atoms with E-state index in [0.29, 0.717) is 5.02 Å². The summed E-state index contributed by atoms with van der Waals surface area (Å²) in [5, 5.41) is 5.21. The first-order chi connectivity index (χ1) is 9.79. The zero-order chi connectivity index (χ0) is 13.9. The van der Waals surface area contributed by atoms with Crippen molar-refractivity contribution in [3.63, 3.8) is 0 Å². The largest absolute Gasteiger partial charge is 0.379 e. The van der Waals surface area contributed by atoms with E-state index >= 15 is 0 Å². The van der Waals surface area contributed by atoms with Gasteiger partial charge in [0.15, 0.2) is 0 Å². The molecule has 0 atom stereocenters. The van der Waals surface area contributed by atoms with Gasteiger partial charge < -0.3 is 9.88 Å². The molecule has 0 radical (unpaired) electrons. The predicted octanol–water partition coefficient (Wildman–Crippen LogP) is 4.32. The molecule has 0 spiro atoms. The lowest BCUT2D eigenvalue weighted by Gasteiger charge is -2.12. The molecule has 3 nitrogen and oxygen atoms in total. The summed E-state index contributed by atoms with van der Waals surface area (Å²) in [7, 11) is 0. The van der Waals surface area contributed by atoms with Gasteiger partial charge in [-0.1, -0.05) is 11.6 Å². The molecule has 2 aromatic heterocycles. The number of fused-ring (bicyclic) bond motifs is 1. The number of nitrogens with zero attached hydrogens (tertiary/aromatic N) is 2. The third-order valence-electron chi connectivity index (χ3n) is 3.44. The van der Waals surface area contributed by atoms with Gasteiger partial charge in [0.05, 0.1) is 17.1 Å². The molecule has 102 valence electrons. The van der Waals surface area contributed by atoms with E-state index in [2.05, 4.69) is 40.1 Å². The Morgan fingerprint density at radius 2 is 2.10 bits per heavy atom. The highest BCUT2D eigenvalue weighted by atomic mass is 35.5. The fourth-order valence-electron chi connectivity index (χ4n) is 2.40. The number of anilines is 1. The topological polar surface area (TPSA) is 29.9 Å². The molecule has 4 heteroatoms. The summed E-state index contributed by atoms with van der Waals surface area (Å²) in [4.78, 5) is 4.34. The lowest BCUT2D eigenvalue weighted by Crippen LogP contribution is -2.06. The molecule has 0 aliphatic heterocycles. The second-order valence-corrected chi connectivity index (χ2v) is 5.04. The van der Waals surface area contributed by atoms with Crippen molar-refractivity contribution in [3.8, 4) is 0 Å². The Balaban J connectivity index is 1.90. The van der Waals surface area contributed by atoms with Gasteiger partial charge in [-0.25, -0.2) is 0 Å². The van der Waals surface area contributed by atoms with Crippen molar-refractivity contribution >= 4 is 28.2 Å². The zero-order valence-electron chi connectivity index (χ0n) is 11.3. The zero-order valence-corrected chi connectivity index (χ0v) is 12.1. The number of halogens is 1. The van der Waals surface area contributed by atoms with Crippen LogP contribution in [0.3, 0.4) is 0 Å². The molecule has 3 rings (SSSR count). The van der Waals surface area contributed by atoms with E-state index in [-0.39, 0.29) is 0 Å². The van der Waals surface area contributed by atoms with Crippen LogP contribution in [-0.4, -0.2) is 9.55 Å². The van der Waals surface area contributed by atoms with Crippen molar-refractivity contribution in [3.05, 3.63) is 59.5 Å². The number of hydrogen-bond acceptors (Lipinski definition) is 2. The van der Waals surface area contributed by atoms with Crippen LogP contribution in [0.15, 0.2) is 48.8 Å². The van der Waals surface area contributed by atoms with Crippen LogP contribution in [0.1, 0.15) is 12.6 Å². The number of hydrogen-bond donors (Lipinski definition) is 1. The molecule has 0 bridgehead atoms. The maximum atomic E-state index is 6.18. The highest BCUT2D eigenvalue weighted by molar-refractivity contribution is 6.35. The van der Waals surface area contributed by atoms with Crippen LogP contribution < -0.4 is 5.32 Å². The highest BCUT2D eigenvalue weighted by Crippen LogP contribution is 2.28. The molecule has 0 saturated carbocycles. The number of nitrogens with one attached hydrogen (secondary N) is 1. The minimum absolute atomic E-state index is 0.683. The molecule has 0 aliphatic rings. The second kappa shape index (κ2) is 5.55. The summed E-state index contributed by atoms with van der Waals surface area (Å²) in [6.45, 7) is 3.91. The van der Waals surface area contributed by atoms with Gasteiger partial charge in [0.2, 0.25) is 0 Å². The molecule has 1 N–H and O–H groups in total. The van der Waals surface area contributed by atoms with Crippen LogP contribution in [0.2, 0.25) is 5.02 Å². The van der Waals surface area contributed by atoms with E-state index in [9.17, 15) is 0 Å². The van der Waals surface area contributed by atoms with Crippen molar-refractivity contribution in [1.82, 2.24) is 9.55 Å². The predicted molar refractivity (Wildman–Crippen MR) is 84.2 cm³/mol. The van der Waals surface area contributed by atoms with Crippen molar-refractivity contribution in [2.45, 2.75) is 20.0 Å². The van der Waals surface area contributed by atoms with Gasteiger partial charge in [0.1, 0.15) is 0 Å². The molecule has 0 saturated heterocycles. The van der Waals surface area contributed by atoms with Gasteiger partial charge >= 0.3 is 0 Å². The first kappa shape index (κ1) is 13.0. The molecule has 20 heavy (non-hydrogen) atoms. The van der Waals surface area contributed by atoms with E-state index in [1.54, 1.807) is 6.20 Å². The molecule has 0 unspecified atom stereocenters. The number of aromatic nitrogens is 2. The third kappa shape index (κ3) is 2.37. The smallest absolute Gasteiger partial charge is 0.0908 e. The Labute approximate surface area is 123 Å². The van der Waals surface area contributed by atoms with Crippen LogP contribution in [0.4, 0.5) is 5.69 Å². The molecule has 0 aliphatic carbocycles. The molecule has 3 aromatic rings. The maximum absolute atomic E-state index is 6.18. The van der Waals surface area contributed by atoms with Gasteiger partial charge in [-0.05, 0) is 43.3 Å². The lowest BCUT2D eigenvalue weighted by atomic mass is 10.2. The normalized spacial score (nSPS) is 10.9. The summed E-state index contributed by atoms with van der Waals surface area (Å²) >= 11 is 6.18. The van der Waals surface area contributed by atoms with Crippen molar-refractivity contribution in [1.29, 1.82) is 0 Å². The number of benzene rings is 1. The fraction of sp³-hybridized carbons (Fsp3) is 0.188. The summed E-state index contributed by atoms with van der Waals surface area (Å²) < 4.78 is 2.23. The molecular formula is C16H16ClN3. The second-order valence-electron chi connectivity index (χ2n) is 4.63. The quantitative estimate of drug-likeness (QED) is 0.773. The average Bonchev–Trinajstić information content (AvgIpc) is 2.94. The van der Waals surface area contributed by atoms with E-state index in [0.717, 1.165) is 29.7 Å².